The van der Waals surface area contributed by atoms with Crippen LogP contribution in [0.5, 0.6) is 0 Å². The number of rotatable bonds is 6. The molecule has 1 aromatic rings. The fourth-order valence-electron chi connectivity index (χ4n) is 2.27. The van der Waals surface area contributed by atoms with Gasteiger partial charge in [0.05, 0.1) is 6.10 Å². The van der Waals surface area contributed by atoms with Gasteiger partial charge in [-0.1, -0.05) is 6.07 Å². The second kappa shape index (κ2) is 6.72. The van der Waals surface area contributed by atoms with E-state index in [9.17, 15) is 0 Å². The maximum Gasteiger partial charge on any atom is 0.0576 e. The van der Waals surface area contributed by atoms with E-state index >= 15 is 0 Å². The summed E-state index contributed by atoms with van der Waals surface area (Å²) in [6.07, 6.45) is 9.13. The van der Waals surface area contributed by atoms with E-state index in [1.54, 1.807) is 0 Å². The third-order valence-electron chi connectivity index (χ3n) is 3.36. The summed E-state index contributed by atoms with van der Waals surface area (Å²) < 4.78 is 5.61. The number of hydrogen-bond acceptors (Lipinski definition) is 3. The maximum atomic E-state index is 5.61. The topological polar surface area (TPSA) is 34.1 Å². The average molecular weight is 234 g/mol. The van der Waals surface area contributed by atoms with Crippen LogP contribution in [-0.2, 0) is 4.74 Å². The minimum atomic E-state index is 0.383. The number of ether oxygens (including phenoxy) is 1. The molecule has 1 saturated heterocycles. The average Bonchev–Trinajstić information content (AvgIpc) is 2.88. The van der Waals surface area contributed by atoms with Gasteiger partial charge in [0, 0.05) is 25.0 Å². The van der Waals surface area contributed by atoms with Gasteiger partial charge < -0.3 is 10.1 Å². The van der Waals surface area contributed by atoms with Crippen LogP contribution in [-0.4, -0.2) is 24.2 Å². The van der Waals surface area contributed by atoms with Crippen LogP contribution in [0.25, 0.3) is 0 Å². The molecule has 3 heteroatoms. The van der Waals surface area contributed by atoms with Crippen molar-refractivity contribution in [2.75, 3.05) is 13.2 Å². The summed E-state index contributed by atoms with van der Waals surface area (Å²) >= 11 is 0. The van der Waals surface area contributed by atoms with Crippen LogP contribution in [0, 0.1) is 0 Å². The number of nitrogens with zero attached hydrogens (tertiary/aromatic N) is 1. The first-order valence-electron chi connectivity index (χ1n) is 6.61. The van der Waals surface area contributed by atoms with Gasteiger partial charge >= 0.3 is 0 Å². The van der Waals surface area contributed by atoms with Crippen LogP contribution in [0.3, 0.4) is 0 Å². The molecule has 0 spiro atoms. The normalized spacial score (nSPS) is 21.6. The van der Waals surface area contributed by atoms with Crippen molar-refractivity contribution in [2.45, 2.75) is 44.8 Å². The molecule has 2 rings (SSSR count). The Morgan fingerprint density at radius 2 is 2.53 bits per heavy atom. The molecular weight excluding hydrogens is 212 g/mol. The molecule has 0 radical (unpaired) electrons. The van der Waals surface area contributed by atoms with E-state index in [2.05, 4.69) is 23.3 Å². The van der Waals surface area contributed by atoms with Crippen LogP contribution >= 0.6 is 0 Å². The van der Waals surface area contributed by atoms with Gasteiger partial charge in [0.25, 0.3) is 0 Å². The Bertz CT molecular complexity index is 309. The van der Waals surface area contributed by atoms with Crippen LogP contribution in [0.4, 0.5) is 0 Å². The third kappa shape index (κ3) is 4.10. The minimum Gasteiger partial charge on any atom is -0.378 e. The summed E-state index contributed by atoms with van der Waals surface area (Å²) in [6.45, 7) is 4.20. The molecule has 1 N–H and O–H groups in total. The highest BCUT2D eigenvalue weighted by Crippen LogP contribution is 2.16. The molecule has 1 aromatic heterocycles. The Labute approximate surface area is 104 Å². The van der Waals surface area contributed by atoms with Crippen LogP contribution in [0.1, 0.15) is 44.2 Å². The first-order valence-corrected chi connectivity index (χ1v) is 6.61. The number of aromatic nitrogens is 1. The lowest BCUT2D eigenvalue weighted by Gasteiger charge is -2.14. The summed E-state index contributed by atoms with van der Waals surface area (Å²) in [5, 5.41) is 3.53. The van der Waals surface area contributed by atoms with E-state index in [1.807, 2.05) is 18.5 Å². The smallest absolute Gasteiger partial charge is 0.0576 e. The Hall–Kier alpha value is -0.930. The molecule has 17 heavy (non-hydrogen) atoms. The molecule has 94 valence electrons. The van der Waals surface area contributed by atoms with Gasteiger partial charge in [-0.05, 0) is 50.8 Å². The number of pyridine rings is 1. The van der Waals surface area contributed by atoms with E-state index in [0.29, 0.717) is 12.1 Å². The van der Waals surface area contributed by atoms with E-state index in [4.69, 9.17) is 4.74 Å². The Kier molecular flexibility index (Phi) is 4.95. The highest BCUT2D eigenvalue weighted by Gasteiger charge is 2.14. The van der Waals surface area contributed by atoms with Gasteiger partial charge in [0.2, 0.25) is 0 Å². The molecule has 1 fully saturated rings. The van der Waals surface area contributed by atoms with E-state index in [1.165, 1.54) is 31.2 Å². The molecule has 0 bridgehead atoms. The Morgan fingerprint density at radius 1 is 1.59 bits per heavy atom. The van der Waals surface area contributed by atoms with Gasteiger partial charge in [-0.25, -0.2) is 0 Å². The van der Waals surface area contributed by atoms with Crippen molar-refractivity contribution in [3.05, 3.63) is 30.1 Å². The van der Waals surface area contributed by atoms with Crippen molar-refractivity contribution >= 4 is 0 Å². The summed E-state index contributed by atoms with van der Waals surface area (Å²) in [4.78, 5) is 4.14. The van der Waals surface area contributed by atoms with Crippen LogP contribution < -0.4 is 5.32 Å². The zero-order chi connectivity index (χ0) is 11.9. The van der Waals surface area contributed by atoms with Crippen LogP contribution in [0.2, 0.25) is 0 Å². The predicted molar refractivity (Wildman–Crippen MR) is 68.9 cm³/mol. The van der Waals surface area contributed by atoms with Crippen molar-refractivity contribution in [3.63, 3.8) is 0 Å². The first-order chi connectivity index (χ1) is 8.36. The summed E-state index contributed by atoms with van der Waals surface area (Å²) in [5.74, 6) is 0. The standard InChI is InChI=1S/C14H22N2O/c1-12(13-5-2-8-15-11-13)16-9-3-6-14-7-4-10-17-14/h2,5,8,11-12,14,16H,3-4,6-7,9-10H2,1H3/t12-,14?/m0/s1. The van der Waals surface area contributed by atoms with Crippen molar-refractivity contribution in [2.24, 2.45) is 0 Å². The Morgan fingerprint density at radius 3 is 3.24 bits per heavy atom. The maximum absolute atomic E-state index is 5.61. The fourth-order valence-corrected chi connectivity index (χ4v) is 2.27. The van der Waals surface area contributed by atoms with Gasteiger partial charge in [0.1, 0.15) is 0 Å². The van der Waals surface area contributed by atoms with Crippen molar-refractivity contribution in [1.29, 1.82) is 0 Å². The van der Waals surface area contributed by atoms with Gasteiger partial charge in [-0.2, -0.15) is 0 Å². The summed E-state index contributed by atoms with van der Waals surface area (Å²) in [5.41, 5.74) is 1.25. The molecule has 1 unspecified atom stereocenters. The molecule has 0 amide bonds. The predicted octanol–water partition coefficient (Wildman–Crippen LogP) is 2.69. The van der Waals surface area contributed by atoms with E-state index in [-0.39, 0.29) is 0 Å². The van der Waals surface area contributed by atoms with Gasteiger partial charge in [-0.3, -0.25) is 4.98 Å². The lowest BCUT2D eigenvalue weighted by atomic mass is 10.1. The molecule has 0 aliphatic carbocycles. The zero-order valence-corrected chi connectivity index (χ0v) is 10.6. The lowest BCUT2D eigenvalue weighted by molar-refractivity contribution is 0.102. The van der Waals surface area contributed by atoms with Gasteiger partial charge in [0.15, 0.2) is 0 Å². The second-order valence-electron chi connectivity index (χ2n) is 4.74. The zero-order valence-electron chi connectivity index (χ0n) is 10.6. The lowest BCUT2D eigenvalue weighted by Crippen LogP contribution is -2.21. The molecule has 2 atom stereocenters. The Balaban J connectivity index is 1.61. The largest absolute Gasteiger partial charge is 0.378 e. The molecule has 2 heterocycles. The fraction of sp³-hybridized carbons (Fsp3) is 0.643. The molecular formula is C14H22N2O. The first kappa shape index (κ1) is 12.5. The molecule has 1 aliphatic rings. The minimum absolute atomic E-state index is 0.383. The number of hydrogen-bond donors (Lipinski definition) is 1. The van der Waals surface area contributed by atoms with E-state index in [0.717, 1.165) is 13.2 Å². The molecule has 1 aliphatic heterocycles. The van der Waals surface area contributed by atoms with Crippen molar-refractivity contribution in [3.8, 4) is 0 Å². The second-order valence-corrected chi connectivity index (χ2v) is 4.74. The quantitative estimate of drug-likeness (QED) is 0.768. The van der Waals surface area contributed by atoms with Crippen molar-refractivity contribution in [1.82, 2.24) is 10.3 Å². The third-order valence-corrected chi connectivity index (χ3v) is 3.36. The van der Waals surface area contributed by atoms with E-state index < -0.39 is 0 Å². The molecule has 0 saturated carbocycles. The van der Waals surface area contributed by atoms with Crippen LogP contribution in [0.15, 0.2) is 24.5 Å². The highest BCUT2D eigenvalue weighted by molar-refractivity contribution is 5.12. The SMILES string of the molecule is C[C@H](NCCCC1CCCO1)c1cccnc1. The molecule has 3 nitrogen and oxygen atoms in total. The molecule has 0 aromatic carbocycles. The highest BCUT2D eigenvalue weighted by atomic mass is 16.5. The van der Waals surface area contributed by atoms with Crippen molar-refractivity contribution < 1.29 is 4.74 Å². The number of nitrogens with one attached hydrogen (secondary N) is 1. The summed E-state index contributed by atoms with van der Waals surface area (Å²) in [7, 11) is 0. The monoisotopic (exact) mass is 234 g/mol. The summed E-state index contributed by atoms with van der Waals surface area (Å²) in [6, 6.07) is 4.48. The van der Waals surface area contributed by atoms with Gasteiger partial charge in [-0.15, -0.1) is 0 Å².